The molecule has 0 atom stereocenters. The summed E-state index contributed by atoms with van der Waals surface area (Å²) in [6, 6.07) is 4.75. The van der Waals surface area contributed by atoms with E-state index in [1.165, 1.54) is 19.9 Å². The predicted molar refractivity (Wildman–Crippen MR) is 77.0 cm³/mol. The molecule has 0 spiro atoms. The molecule has 2 rings (SSSR count). The highest BCUT2D eigenvalue weighted by Gasteiger charge is 2.47. The number of carbonyl (C=O) groups excluding carboxylic acids is 2. The van der Waals surface area contributed by atoms with Gasteiger partial charge in [-0.05, 0) is 51.0 Å². The van der Waals surface area contributed by atoms with Crippen molar-refractivity contribution in [3.05, 3.63) is 29.3 Å². The number of carbonyl (C=O) groups is 2. The molecule has 114 valence electrons. The Morgan fingerprint density at radius 2 is 1.76 bits per heavy atom. The molecule has 1 N–H and O–H groups in total. The van der Waals surface area contributed by atoms with E-state index in [0.717, 1.165) is 15.4 Å². The fourth-order valence-corrected chi connectivity index (χ4v) is 3.94. The highest BCUT2D eigenvalue weighted by atomic mass is 32.2. The van der Waals surface area contributed by atoms with Crippen LogP contribution < -0.4 is 5.32 Å². The number of amides is 2. The maximum Gasteiger partial charge on any atom is 0.247 e. The van der Waals surface area contributed by atoms with Crippen molar-refractivity contribution in [3.8, 4) is 0 Å². The van der Waals surface area contributed by atoms with Crippen LogP contribution in [0.1, 0.15) is 25.0 Å². The summed E-state index contributed by atoms with van der Waals surface area (Å²) in [6.45, 7) is 6.29. The van der Waals surface area contributed by atoms with Crippen molar-refractivity contribution in [3.63, 3.8) is 0 Å². The van der Waals surface area contributed by atoms with Crippen molar-refractivity contribution in [1.82, 2.24) is 9.62 Å². The smallest absolute Gasteiger partial charge is 0.247 e. The molecule has 0 radical (unpaired) electrons. The molecule has 7 heteroatoms. The fraction of sp³-hybridized carbons (Fsp3) is 0.429. The van der Waals surface area contributed by atoms with Gasteiger partial charge in [-0.25, -0.2) is 8.42 Å². The minimum Gasteiger partial charge on any atom is -0.294 e. The first-order valence-corrected chi connectivity index (χ1v) is 7.95. The Labute approximate surface area is 124 Å². The molecule has 21 heavy (non-hydrogen) atoms. The molecule has 0 unspecified atom stereocenters. The first-order valence-electron chi connectivity index (χ1n) is 6.51. The molecule has 1 heterocycles. The fourth-order valence-electron chi connectivity index (χ4n) is 2.15. The molecular weight excluding hydrogens is 292 g/mol. The molecule has 6 nitrogen and oxygen atoms in total. The van der Waals surface area contributed by atoms with Gasteiger partial charge in [-0.2, -0.15) is 4.31 Å². The van der Waals surface area contributed by atoms with Gasteiger partial charge in [0.15, 0.2) is 0 Å². The summed E-state index contributed by atoms with van der Waals surface area (Å²) >= 11 is 0. The van der Waals surface area contributed by atoms with E-state index >= 15 is 0 Å². The summed E-state index contributed by atoms with van der Waals surface area (Å²) < 4.78 is 26.5. The lowest BCUT2D eigenvalue weighted by Crippen LogP contribution is -2.65. The normalized spacial score (nSPS) is 19.4. The second kappa shape index (κ2) is 4.92. The Hall–Kier alpha value is -1.73. The number of aryl methyl sites for hydroxylation is 2. The summed E-state index contributed by atoms with van der Waals surface area (Å²) in [5.74, 6) is -1.24. The summed E-state index contributed by atoms with van der Waals surface area (Å²) in [6.07, 6.45) is 0. The van der Waals surface area contributed by atoms with Crippen molar-refractivity contribution < 1.29 is 18.0 Å². The highest BCUT2D eigenvalue weighted by molar-refractivity contribution is 7.89. The van der Waals surface area contributed by atoms with Crippen LogP contribution in [-0.2, 0) is 19.6 Å². The second-order valence-electron chi connectivity index (χ2n) is 5.69. The standard InChI is InChI=1S/C14H18N2O4S/c1-9-5-6-11(7-10(9)2)21(19,20)16-8-12(17)15-13(18)14(16,3)4/h5-7H,8H2,1-4H3,(H,15,17,18). The number of rotatable bonds is 2. The molecule has 1 aromatic carbocycles. The lowest BCUT2D eigenvalue weighted by molar-refractivity contribution is -0.141. The van der Waals surface area contributed by atoms with E-state index in [4.69, 9.17) is 0 Å². The zero-order valence-electron chi connectivity index (χ0n) is 12.4. The molecule has 0 aromatic heterocycles. The number of nitrogens with zero attached hydrogens (tertiary/aromatic N) is 1. The van der Waals surface area contributed by atoms with Gasteiger partial charge in [-0.1, -0.05) is 6.07 Å². The molecule has 2 amide bonds. The first-order chi connectivity index (χ1) is 9.56. The minimum atomic E-state index is -3.92. The van der Waals surface area contributed by atoms with Crippen LogP contribution in [-0.4, -0.2) is 36.6 Å². The largest absolute Gasteiger partial charge is 0.294 e. The van der Waals surface area contributed by atoms with Crippen LogP contribution in [0.3, 0.4) is 0 Å². The summed E-state index contributed by atoms with van der Waals surface area (Å²) in [7, 11) is -3.92. The van der Waals surface area contributed by atoms with E-state index in [2.05, 4.69) is 5.32 Å². The van der Waals surface area contributed by atoms with E-state index < -0.39 is 27.4 Å². The minimum absolute atomic E-state index is 0.0844. The van der Waals surface area contributed by atoms with Gasteiger partial charge in [0.25, 0.3) is 0 Å². The third-order valence-electron chi connectivity index (χ3n) is 3.79. The third kappa shape index (κ3) is 2.58. The van der Waals surface area contributed by atoms with Gasteiger partial charge < -0.3 is 0 Å². The van der Waals surface area contributed by atoms with Crippen LogP contribution in [0.15, 0.2) is 23.1 Å². The van der Waals surface area contributed by atoms with Gasteiger partial charge in [0.2, 0.25) is 21.8 Å². The van der Waals surface area contributed by atoms with E-state index in [1.807, 2.05) is 13.8 Å². The van der Waals surface area contributed by atoms with Crippen molar-refractivity contribution in [2.75, 3.05) is 6.54 Å². The quantitative estimate of drug-likeness (QED) is 0.816. The Morgan fingerprint density at radius 1 is 1.14 bits per heavy atom. The van der Waals surface area contributed by atoms with E-state index in [9.17, 15) is 18.0 Å². The van der Waals surface area contributed by atoms with Crippen LogP contribution in [0.25, 0.3) is 0 Å². The molecule has 0 bridgehead atoms. The number of imide groups is 1. The summed E-state index contributed by atoms with van der Waals surface area (Å²) in [4.78, 5) is 23.5. The van der Waals surface area contributed by atoms with Gasteiger partial charge in [0, 0.05) is 0 Å². The highest BCUT2D eigenvalue weighted by Crippen LogP contribution is 2.27. The second-order valence-corrected chi connectivity index (χ2v) is 7.56. The lowest BCUT2D eigenvalue weighted by Gasteiger charge is -2.38. The molecule has 1 aromatic rings. The van der Waals surface area contributed by atoms with Crippen LogP contribution in [0.2, 0.25) is 0 Å². The molecular formula is C14H18N2O4S. The molecule has 0 aliphatic carbocycles. The number of hydrogen-bond donors (Lipinski definition) is 1. The van der Waals surface area contributed by atoms with Crippen LogP contribution in [0, 0.1) is 13.8 Å². The van der Waals surface area contributed by atoms with Crippen LogP contribution >= 0.6 is 0 Å². The van der Waals surface area contributed by atoms with Gasteiger partial charge >= 0.3 is 0 Å². The number of sulfonamides is 1. The van der Waals surface area contributed by atoms with Crippen molar-refractivity contribution in [1.29, 1.82) is 0 Å². The molecule has 1 fully saturated rings. The molecule has 1 saturated heterocycles. The monoisotopic (exact) mass is 310 g/mol. The molecule has 1 aliphatic heterocycles. The van der Waals surface area contributed by atoms with Gasteiger partial charge in [0.05, 0.1) is 11.4 Å². The van der Waals surface area contributed by atoms with Gasteiger partial charge in [-0.15, -0.1) is 0 Å². The van der Waals surface area contributed by atoms with E-state index in [1.54, 1.807) is 12.1 Å². The van der Waals surface area contributed by atoms with Gasteiger partial charge in [-0.3, -0.25) is 14.9 Å². The topological polar surface area (TPSA) is 83.6 Å². The average molecular weight is 310 g/mol. The summed E-state index contributed by atoms with van der Waals surface area (Å²) in [5.41, 5.74) is 0.494. The lowest BCUT2D eigenvalue weighted by atomic mass is 10.0. The first kappa shape index (κ1) is 15.7. The molecule has 0 saturated carbocycles. The Morgan fingerprint density at radius 3 is 2.33 bits per heavy atom. The van der Waals surface area contributed by atoms with E-state index in [0.29, 0.717) is 0 Å². The Kier molecular flexibility index (Phi) is 3.67. The number of benzene rings is 1. The molecule has 1 aliphatic rings. The zero-order valence-corrected chi connectivity index (χ0v) is 13.2. The predicted octanol–water partition coefficient (Wildman–Crippen LogP) is 0.729. The summed E-state index contributed by atoms with van der Waals surface area (Å²) in [5, 5.41) is 2.16. The van der Waals surface area contributed by atoms with E-state index in [-0.39, 0.29) is 11.4 Å². The Balaban J connectivity index is 2.53. The van der Waals surface area contributed by atoms with Crippen molar-refractivity contribution in [2.24, 2.45) is 0 Å². The maximum atomic E-state index is 12.8. The average Bonchev–Trinajstić information content (AvgIpc) is 2.37. The van der Waals surface area contributed by atoms with Crippen molar-refractivity contribution in [2.45, 2.75) is 38.1 Å². The van der Waals surface area contributed by atoms with Crippen LogP contribution in [0.4, 0.5) is 0 Å². The van der Waals surface area contributed by atoms with Crippen LogP contribution in [0.5, 0.6) is 0 Å². The number of piperazine rings is 1. The SMILES string of the molecule is Cc1ccc(S(=O)(=O)N2CC(=O)NC(=O)C2(C)C)cc1C. The number of hydrogen-bond acceptors (Lipinski definition) is 4. The zero-order chi connectivity index (χ0) is 16.0. The third-order valence-corrected chi connectivity index (χ3v) is 5.80. The maximum absolute atomic E-state index is 12.8. The van der Waals surface area contributed by atoms with Crippen molar-refractivity contribution >= 4 is 21.8 Å². The number of nitrogens with one attached hydrogen (secondary N) is 1. The Bertz CT molecular complexity index is 722. The van der Waals surface area contributed by atoms with Gasteiger partial charge in [0.1, 0.15) is 5.54 Å².